The molecule has 2 heteroatoms. The lowest BCUT2D eigenvalue weighted by molar-refractivity contribution is 0.256. The second-order valence-electron chi connectivity index (χ2n) is 4.26. The largest absolute Gasteiger partial charge is 0.393 e. The van der Waals surface area contributed by atoms with Crippen LogP contribution in [0.25, 0.3) is 0 Å². The zero-order valence-corrected chi connectivity index (χ0v) is 8.86. The second kappa shape index (κ2) is 4.22. The summed E-state index contributed by atoms with van der Waals surface area (Å²) in [5.74, 6) is 2.28. The summed E-state index contributed by atoms with van der Waals surface area (Å²) in [4.78, 5) is 0.734. The van der Waals surface area contributed by atoms with Gasteiger partial charge in [-0.2, -0.15) is 0 Å². The molecule has 0 unspecified atom stereocenters. The first-order valence-electron chi connectivity index (χ1n) is 4.90. The standard InChI is InChI=1S/C10H19NS/c1-7(2)8-3-5-9(6-4-8)10(11)12/h7-9H,3-6H2,1-2H3,(H2,11,12). The summed E-state index contributed by atoms with van der Waals surface area (Å²) >= 11 is 5.00. The topological polar surface area (TPSA) is 26.0 Å². The van der Waals surface area contributed by atoms with Crippen molar-refractivity contribution in [1.82, 2.24) is 0 Å². The highest BCUT2D eigenvalue weighted by Gasteiger charge is 2.24. The van der Waals surface area contributed by atoms with Gasteiger partial charge in [-0.3, -0.25) is 0 Å². The van der Waals surface area contributed by atoms with E-state index in [2.05, 4.69) is 13.8 Å². The van der Waals surface area contributed by atoms with Crippen LogP contribution < -0.4 is 5.73 Å². The molecule has 0 heterocycles. The molecular formula is C10H19NS. The Morgan fingerprint density at radius 2 is 1.75 bits per heavy atom. The fourth-order valence-corrected chi connectivity index (χ4v) is 2.31. The first-order chi connectivity index (χ1) is 5.61. The molecule has 0 spiro atoms. The molecule has 12 heavy (non-hydrogen) atoms. The summed E-state index contributed by atoms with van der Waals surface area (Å²) in [6.07, 6.45) is 5.08. The lowest BCUT2D eigenvalue weighted by Gasteiger charge is -2.30. The van der Waals surface area contributed by atoms with E-state index in [9.17, 15) is 0 Å². The molecule has 1 aliphatic rings. The van der Waals surface area contributed by atoms with Gasteiger partial charge in [-0.1, -0.05) is 26.1 Å². The Labute approximate surface area is 80.7 Å². The first-order valence-corrected chi connectivity index (χ1v) is 5.31. The minimum atomic E-state index is 0.537. The molecule has 0 saturated heterocycles. The normalized spacial score (nSPS) is 30.6. The molecule has 0 aromatic rings. The van der Waals surface area contributed by atoms with Crippen LogP contribution in [-0.2, 0) is 0 Å². The van der Waals surface area contributed by atoms with Crippen LogP contribution in [0.2, 0.25) is 0 Å². The maximum atomic E-state index is 5.62. The van der Waals surface area contributed by atoms with E-state index in [-0.39, 0.29) is 0 Å². The van der Waals surface area contributed by atoms with E-state index in [1.165, 1.54) is 25.7 Å². The SMILES string of the molecule is CC(C)C1CCC(C(N)=S)CC1. The molecule has 2 N–H and O–H groups in total. The molecule has 0 aliphatic heterocycles. The zero-order valence-electron chi connectivity index (χ0n) is 8.05. The van der Waals surface area contributed by atoms with Crippen LogP contribution in [0.1, 0.15) is 39.5 Å². The van der Waals surface area contributed by atoms with Gasteiger partial charge >= 0.3 is 0 Å². The van der Waals surface area contributed by atoms with Gasteiger partial charge in [-0.25, -0.2) is 0 Å². The van der Waals surface area contributed by atoms with Crippen LogP contribution >= 0.6 is 12.2 Å². The molecule has 0 atom stereocenters. The van der Waals surface area contributed by atoms with E-state index >= 15 is 0 Å². The Morgan fingerprint density at radius 1 is 1.25 bits per heavy atom. The van der Waals surface area contributed by atoms with Gasteiger partial charge in [0.1, 0.15) is 0 Å². The van der Waals surface area contributed by atoms with E-state index in [1.54, 1.807) is 0 Å². The Balaban J connectivity index is 2.34. The fourth-order valence-electron chi connectivity index (χ4n) is 2.07. The Bertz CT molecular complexity index is 157. The monoisotopic (exact) mass is 185 g/mol. The summed E-state index contributed by atoms with van der Waals surface area (Å²) in [5, 5.41) is 0. The highest BCUT2D eigenvalue weighted by atomic mass is 32.1. The van der Waals surface area contributed by atoms with E-state index < -0.39 is 0 Å². The zero-order chi connectivity index (χ0) is 9.14. The van der Waals surface area contributed by atoms with Crippen molar-refractivity contribution in [3.8, 4) is 0 Å². The smallest absolute Gasteiger partial charge is 0.0758 e. The molecule has 1 saturated carbocycles. The van der Waals surface area contributed by atoms with Crippen LogP contribution in [0.4, 0.5) is 0 Å². The first kappa shape index (κ1) is 9.97. The highest BCUT2D eigenvalue weighted by molar-refractivity contribution is 7.80. The summed E-state index contributed by atoms with van der Waals surface area (Å²) in [7, 11) is 0. The quantitative estimate of drug-likeness (QED) is 0.669. The van der Waals surface area contributed by atoms with Crippen LogP contribution in [0.3, 0.4) is 0 Å². The molecule has 0 bridgehead atoms. The molecule has 70 valence electrons. The maximum Gasteiger partial charge on any atom is 0.0758 e. The third-order valence-corrected chi connectivity index (χ3v) is 3.45. The van der Waals surface area contributed by atoms with Crippen LogP contribution in [0.15, 0.2) is 0 Å². The number of nitrogens with two attached hydrogens (primary N) is 1. The van der Waals surface area contributed by atoms with E-state index in [4.69, 9.17) is 18.0 Å². The Kier molecular flexibility index (Phi) is 3.51. The van der Waals surface area contributed by atoms with Crippen molar-refractivity contribution in [2.24, 2.45) is 23.5 Å². The molecule has 0 aromatic heterocycles. The molecule has 1 fully saturated rings. The third-order valence-electron chi connectivity index (χ3n) is 3.12. The minimum absolute atomic E-state index is 0.537. The molecule has 0 aromatic carbocycles. The van der Waals surface area contributed by atoms with Gasteiger partial charge in [0, 0.05) is 5.92 Å². The Hall–Kier alpha value is -0.110. The van der Waals surface area contributed by atoms with Crippen molar-refractivity contribution in [3.05, 3.63) is 0 Å². The van der Waals surface area contributed by atoms with Crippen molar-refractivity contribution in [1.29, 1.82) is 0 Å². The average molecular weight is 185 g/mol. The van der Waals surface area contributed by atoms with E-state index in [0.717, 1.165) is 16.8 Å². The predicted octanol–water partition coefficient (Wildman–Crippen LogP) is 2.73. The molecule has 0 radical (unpaired) electrons. The number of hydrogen-bond donors (Lipinski definition) is 1. The lowest BCUT2D eigenvalue weighted by atomic mass is 9.77. The second-order valence-corrected chi connectivity index (χ2v) is 4.73. The van der Waals surface area contributed by atoms with Crippen molar-refractivity contribution >= 4 is 17.2 Å². The lowest BCUT2D eigenvalue weighted by Crippen LogP contribution is -2.27. The van der Waals surface area contributed by atoms with Crippen LogP contribution in [0, 0.1) is 17.8 Å². The van der Waals surface area contributed by atoms with Crippen LogP contribution in [0.5, 0.6) is 0 Å². The van der Waals surface area contributed by atoms with Crippen molar-refractivity contribution in [3.63, 3.8) is 0 Å². The third kappa shape index (κ3) is 2.44. The van der Waals surface area contributed by atoms with Crippen molar-refractivity contribution in [2.75, 3.05) is 0 Å². The van der Waals surface area contributed by atoms with Gasteiger partial charge in [0.25, 0.3) is 0 Å². The van der Waals surface area contributed by atoms with Gasteiger partial charge in [0.15, 0.2) is 0 Å². The van der Waals surface area contributed by atoms with Gasteiger partial charge < -0.3 is 5.73 Å². The number of thiocarbonyl (C=S) groups is 1. The summed E-state index contributed by atoms with van der Waals surface area (Å²) in [6, 6.07) is 0. The summed E-state index contributed by atoms with van der Waals surface area (Å²) in [5.41, 5.74) is 5.62. The molecule has 0 amide bonds. The number of rotatable bonds is 2. The molecule has 1 nitrogen and oxygen atoms in total. The van der Waals surface area contributed by atoms with E-state index in [0.29, 0.717) is 5.92 Å². The molecule has 1 aliphatic carbocycles. The van der Waals surface area contributed by atoms with Crippen molar-refractivity contribution in [2.45, 2.75) is 39.5 Å². The summed E-state index contributed by atoms with van der Waals surface area (Å²) in [6.45, 7) is 4.62. The average Bonchev–Trinajstić information content (AvgIpc) is 2.04. The van der Waals surface area contributed by atoms with Gasteiger partial charge in [-0.05, 0) is 37.5 Å². The maximum absolute atomic E-state index is 5.62. The Morgan fingerprint density at radius 3 is 2.08 bits per heavy atom. The highest BCUT2D eigenvalue weighted by Crippen LogP contribution is 2.33. The summed E-state index contributed by atoms with van der Waals surface area (Å²) < 4.78 is 0. The van der Waals surface area contributed by atoms with Gasteiger partial charge in [-0.15, -0.1) is 0 Å². The van der Waals surface area contributed by atoms with Crippen molar-refractivity contribution < 1.29 is 0 Å². The predicted molar refractivity (Wildman–Crippen MR) is 57.1 cm³/mol. The van der Waals surface area contributed by atoms with Gasteiger partial charge in [0.05, 0.1) is 4.99 Å². The number of hydrogen-bond acceptors (Lipinski definition) is 1. The minimum Gasteiger partial charge on any atom is -0.393 e. The molecular weight excluding hydrogens is 166 g/mol. The fraction of sp³-hybridized carbons (Fsp3) is 0.900. The van der Waals surface area contributed by atoms with Crippen LogP contribution in [-0.4, -0.2) is 4.99 Å². The molecule has 1 rings (SSSR count). The van der Waals surface area contributed by atoms with E-state index in [1.807, 2.05) is 0 Å². The van der Waals surface area contributed by atoms with Gasteiger partial charge in [0.2, 0.25) is 0 Å².